The van der Waals surface area contributed by atoms with Crippen molar-refractivity contribution in [3.63, 3.8) is 0 Å². The van der Waals surface area contributed by atoms with Crippen molar-refractivity contribution < 1.29 is 0 Å². The largest absolute Gasteiger partial charge is 0.336 e. The zero-order chi connectivity index (χ0) is 18.9. The summed E-state index contributed by atoms with van der Waals surface area (Å²) in [6.07, 6.45) is 7.58. The van der Waals surface area contributed by atoms with Gasteiger partial charge in [0, 0.05) is 18.1 Å². The summed E-state index contributed by atoms with van der Waals surface area (Å²) in [7, 11) is 0. The number of aromatic amines is 1. The molecular weight excluding hydrogens is 352 g/mol. The zero-order valence-corrected chi connectivity index (χ0v) is 16.0. The lowest BCUT2D eigenvalue weighted by Gasteiger charge is -2.26. The number of fused-ring (bicyclic) bond motifs is 2. The van der Waals surface area contributed by atoms with Gasteiger partial charge in [-0.25, -0.2) is 9.67 Å². The molecule has 5 rings (SSSR count). The molecule has 28 heavy (non-hydrogen) atoms. The molecular formula is C20H24N8. The molecule has 0 bridgehead atoms. The summed E-state index contributed by atoms with van der Waals surface area (Å²) in [4.78, 5) is 11.6. The van der Waals surface area contributed by atoms with E-state index in [1.165, 1.54) is 32.4 Å². The highest BCUT2D eigenvalue weighted by Gasteiger charge is 2.14. The van der Waals surface area contributed by atoms with E-state index < -0.39 is 0 Å². The molecule has 0 aliphatic carbocycles. The van der Waals surface area contributed by atoms with Crippen LogP contribution < -0.4 is 5.32 Å². The van der Waals surface area contributed by atoms with Crippen LogP contribution >= 0.6 is 0 Å². The van der Waals surface area contributed by atoms with E-state index in [9.17, 15) is 0 Å². The molecule has 2 N–H and O–H groups in total. The van der Waals surface area contributed by atoms with Gasteiger partial charge in [0.15, 0.2) is 11.5 Å². The van der Waals surface area contributed by atoms with E-state index in [1.54, 1.807) is 6.20 Å². The number of hydrogen-bond donors (Lipinski definition) is 2. The molecule has 0 saturated carbocycles. The van der Waals surface area contributed by atoms with Gasteiger partial charge in [-0.2, -0.15) is 10.2 Å². The summed E-state index contributed by atoms with van der Waals surface area (Å²) >= 11 is 0. The third-order valence-corrected chi connectivity index (χ3v) is 5.43. The van der Waals surface area contributed by atoms with Crippen molar-refractivity contribution in [3.8, 4) is 0 Å². The molecule has 0 aromatic carbocycles. The molecule has 1 aliphatic heterocycles. The van der Waals surface area contributed by atoms with Crippen molar-refractivity contribution >= 4 is 33.6 Å². The van der Waals surface area contributed by atoms with Crippen LogP contribution in [0.2, 0.25) is 0 Å². The maximum absolute atomic E-state index is 4.73. The standard InChI is InChI=1S/C20H24N8/c1-14-16-12-15(23-19-18-17(24-25-19)6-5-7-21-18)13-22-20(16)28(26-14)11-10-27-8-3-2-4-9-27/h5-7,12-13H,2-4,8-11H2,1H3,(H2,23,24,25). The zero-order valence-electron chi connectivity index (χ0n) is 16.0. The van der Waals surface area contributed by atoms with E-state index in [4.69, 9.17) is 5.10 Å². The van der Waals surface area contributed by atoms with Crippen LogP contribution in [0.1, 0.15) is 25.0 Å². The van der Waals surface area contributed by atoms with Gasteiger partial charge < -0.3 is 10.2 Å². The lowest BCUT2D eigenvalue weighted by atomic mass is 10.1. The fourth-order valence-electron chi connectivity index (χ4n) is 3.93. The second-order valence-electron chi connectivity index (χ2n) is 7.40. The number of anilines is 2. The molecule has 1 saturated heterocycles. The van der Waals surface area contributed by atoms with E-state index in [0.717, 1.165) is 46.5 Å². The molecule has 0 radical (unpaired) electrons. The van der Waals surface area contributed by atoms with Crippen LogP contribution in [0.25, 0.3) is 22.1 Å². The molecule has 0 spiro atoms. The van der Waals surface area contributed by atoms with Gasteiger partial charge >= 0.3 is 0 Å². The number of aromatic nitrogens is 6. The number of H-pyrrole nitrogens is 1. The molecule has 1 fully saturated rings. The van der Waals surface area contributed by atoms with Crippen LogP contribution in [0.4, 0.5) is 11.5 Å². The number of rotatable bonds is 5. The highest BCUT2D eigenvalue weighted by atomic mass is 15.3. The fraction of sp³-hybridized carbons (Fsp3) is 0.400. The molecule has 8 nitrogen and oxygen atoms in total. The van der Waals surface area contributed by atoms with E-state index in [0.29, 0.717) is 5.82 Å². The predicted molar refractivity (Wildman–Crippen MR) is 110 cm³/mol. The Balaban J connectivity index is 1.38. The van der Waals surface area contributed by atoms with E-state index in [2.05, 4.69) is 36.4 Å². The lowest BCUT2D eigenvalue weighted by molar-refractivity contribution is 0.218. The number of nitrogens with one attached hydrogen (secondary N) is 2. The van der Waals surface area contributed by atoms with Crippen molar-refractivity contribution in [2.75, 3.05) is 25.0 Å². The first kappa shape index (κ1) is 17.1. The summed E-state index contributed by atoms with van der Waals surface area (Å²) in [6, 6.07) is 5.93. The Morgan fingerprint density at radius 3 is 2.93 bits per heavy atom. The van der Waals surface area contributed by atoms with Crippen LogP contribution in [0, 0.1) is 6.92 Å². The quantitative estimate of drug-likeness (QED) is 0.556. The lowest BCUT2D eigenvalue weighted by Crippen LogP contribution is -2.32. The van der Waals surface area contributed by atoms with Crippen LogP contribution in [0.5, 0.6) is 0 Å². The summed E-state index contributed by atoms with van der Waals surface area (Å²) in [5.74, 6) is 0.701. The number of hydrogen-bond acceptors (Lipinski definition) is 6. The van der Waals surface area contributed by atoms with Crippen molar-refractivity contribution in [2.24, 2.45) is 0 Å². The van der Waals surface area contributed by atoms with Gasteiger partial charge in [0.05, 0.1) is 29.6 Å². The minimum Gasteiger partial charge on any atom is -0.336 e. The number of nitrogens with zero attached hydrogens (tertiary/aromatic N) is 6. The molecule has 144 valence electrons. The summed E-state index contributed by atoms with van der Waals surface area (Å²) in [5, 5.41) is 16.4. The van der Waals surface area contributed by atoms with Crippen LogP contribution in [0.3, 0.4) is 0 Å². The maximum atomic E-state index is 4.73. The van der Waals surface area contributed by atoms with Crippen molar-refractivity contribution in [2.45, 2.75) is 32.7 Å². The number of aryl methyl sites for hydroxylation is 1. The van der Waals surface area contributed by atoms with Crippen molar-refractivity contribution in [1.82, 2.24) is 34.8 Å². The van der Waals surface area contributed by atoms with Crippen LogP contribution in [-0.4, -0.2) is 54.5 Å². The molecule has 4 aromatic rings. The van der Waals surface area contributed by atoms with Crippen LogP contribution in [-0.2, 0) is 6.54 Å². The Kier molecular flexibility index (Phi) is 4.40. The van der Waals surface area contributed by atoms with Crippen molar-refractivity contribution in [1.29, 1.82) is 0 Å². The minimum absolute atomic E-state index is 0.701. The molecule has 0 atom stereocenters. The Hall–Kier alpha value is -3.00. The number of pyridine rings is 2. The highest BCUT2D eigenvalue weighted by molar-refractivity contribution is 5.89. The first-order valence-corrected chi connectivity index (χ1v) is 9.89. The van der Waals surface area contributed by atoms with Gasteiger partial charge in [0.1, 0.15) is 5.52 Å². The third kappa shape index (κ3) is 3.20. The van der Waals surface area contributed by atoms with Crippen LogP contribution in [0.15, 0.2) is 30.6 Å². The smallest absolute Gasteiger partial charge is 0.178 e. The van der Waals surface area contributed by atoms with Crippen molar-refractivity contribution in [3.05, 3.63) is 36.3 Å². The Morgan fingerprint density at radius 2 is 2.04 bits per heavy atom. The van der Waals surface area contributed by atoms with E-state index >= 15 is 0 Å². The normalized spacial score (nSPS) is 15.5. The van der Waals surface area contributed by atoms with Gasteiger partial charge in [-0.05, 0) is 51.1 Å². The molecule has 5 heterocycles. The molecule has 8 heteroatoms. The SMILES string of the molecule is Cc1nn(CCN2CCCCC2)c2ncc(Nc3n[nH]c4cccnc34)cc12. The summed E-state index contributed by atoms with van der Waals surface area (Å²) in [5.41, 5.74) is 4.53. The molecule has 1 aliphatic rings. The van der Waals surface area contributed by atoms with Gasteiger partial charge in [-0.15, -0.1) is 0 Å². The summed E-state index contributed by atoms with van der Waals surface area (Å²) in [6.45, 7) is 6.34. The highest BCUT2D eigenvalue weighted by Crippen LogP contribution is 2.25. The molecule has 0 amide bonds. The first-order valence-electron chi connectivity index (χ1n) is 9.89. The number of likely N-dealkylation sites (tertiary alicyclic amines) is 1. The van der Waals surface area contributed by atoms with Gasteiger partial charge in [0.25, 0.3) is 0 Å². The fourth-order valence-corrected chi connectivity index (χ4v) is 3.93. The Morgan fingerprint density at radius 1 is 1.14 bits per heavy atom. The average molecular weight is 376 g/mol. The minimum atomic E-state index is 0.701. The number of piperidine rings is 1. The Bertz CT molecular complexity index is 1110. The van der Waals surface area contributed by atoms with Gasteiger partial charge in [-0.3, -0.25) is 10.1 Å². The predicted octanol–water partition coefficient (Wildman–Crippen LogP) is 3.24. The Labute approximate surface area is 163 Å². The first-order chi connectivity index (χ1) is 13.8. The summed E-state index contributed by atoms with van der Waals surface area (Å²) < 4.78 is 2.04. The average Bonchev–Trinajstić information content (AvgIpc) is 3.28. The van der Waals surface area contributed by atoms with Gasteiger partial charge in [-0.1, -0.05) is 6.42 Å². The topological polar surface area (TPSA) is 87.5 Å². The molecule has 0 unspecified atom stereocenters. The van der Waals surface area contributed by atoms with E-state index in [-0.39, 0.29) is 0 Å². The second kappa shape index (κ2) is 7.20. The van der Waals surface area contributed by atoms with E-state index in [1.807, 2.05) is 29.9 Å². The monoisotopic (exact) mass is 376 g/mol. The van der Waals surface area contributed by atoms with Gasteiger partial charge in [0.2, 0.25) is 0 Å². The third-order valence-electron chi connectivity index (χ3n) is 5.43. The molecule has 4 aromatic heterocycles. The maximum Gasteiger partial charge on any atom is 0.178 e. The second-order valence-corrected chi connectivity index (χ2v) is 7.40.